The van der Waals surface area contributed by atoms with E-state index in [1.165, 1.54) is 5.56 Å². The molecule has 0 unspecified atom stereocenters. The largest absolute Gasteiger partial charge is 0.497 e. The summed E-state index contributed by atoms with van der Waals surface area (Å²) in [4.78, 5) is 18.6. The Kier molecular flexibility index (Phi) is 9.61. The molecule has 34 heavy (non-hydrogen) atoms. The lowest BCUT2D eigenvalue weighted by Gasteiger charge is -2.20. The van der Waals surface area contributed by atoms with Crippen LogP contribution >= 0.6 is 17.0 Å². The first-order valence-electron chi connectivity index (χ1n) is 11.2. The van der Waals surface area contributed by atoms with Crippen molar-refractivity contribution in [3.05, 3.63) is 48.0 Å². The zero-order valence-electron chi connectivity index (χ0n) is 20.6. The first-order valence-corrected chi connectivity index (χ1v) is 11.2. The number of nitrogens with zero attached hydrogens (tertiary/aromatic N) is 3. The topological polar surface area (TPSA) is 94.6 Å². The molecular formula is C25H36BrN5O3. The van der Waals surface area contributed by atoms with Crippen molar-refractivity contribution in [2.45, 2.75) is 52.3 Å². The van der Waals surface area contributed by atoms with Crippen molar-refractivity contribution < 1.29 is 14.3 Å². The Bertz CT molecular complexity index is 1080. The number of methoxy groups -OCH3 is 1. The van der Waals surface area contributed by atoms with Gasteiger partial charge < -0.3 is 30.0 Å². The van der Waals surface area contributed by atoms with E-state index in [2.05, 4.69) is 40.4 Å². The van der Waals surface area contributed by atoms with Crippen LogP contribution in [0.3, 0.4) is 0 Å². The number of hydrogen-bond donors (Lipinski definition) is 2. The van der Waals surface area contributed by atoms with Crippen LogP contribution in [0.15, 0.2) is 42.5 Å². The molecule has 0 aliphatic carbocycles. The molecule has 1 heterocycles. The molecule has 0 fully saturated rings. The lowest BCUT2D eigenvalue weighted by Crippen LogP contribution is -2.33. The number of rotatable bonds is 9. The number of anilines is 2. The standard InChI is InChI=1S/C25H35N5O3.BrH/c1-25(2,3)33-24(31)27-15-6-7-16-30-21-10-8-9-20(22(21)28-23(30)26)29(4)17-18-11-13-19(32-5)14-12-18;/h8-14H,6-7,15-17H2,1-5H3,(H2,26,28)(H,27,31);1H. The van der Waals surface area contributed by atoms with E-state index in [1.807, 2.05) is 49.6 Å². The minimum absolute atomic E-state index is 0. The van der Waals surface area contributed by atoms with Gasteiger partial charge in [-0.15, -0.1) is 17.0 Å². The van der Waals surface area contributed by atoms with Crippen LogP contribution in [0.1, 0.15) is 39.2 Å². The zero-order valence-corrected chi connectivity index (χ0v) is 22.3. The molecule has 186 valence electrons. The molecule has 0 saturated carbocycles. The molecule has 1 aromatic heterocycles. The van der Waals surface area contributed by atoms with Gasteiger partial charge in [0, 0.05) is 26.7 Å². The number of halogens is 1. The summed E-state index contributed by atoms with van der Waals surface area (Å²) >= 11 is 0. The summed E-state index contributed by atoms with van der Waals surface area (Å²) in [5.41, 5.74) is 9.88. The number of ether oxygens (including phenoxy) is 2. The fraction of sp³-hybridized carbons (Fsp3) is 0.440. The highest BCUT2D eigenvalue weighted by atomic mass is 79.9. The van der Waals surface area contributed by atoms with Crippen molar-refractivity contribution in [3.63, 3.8) is 0 Å². The molecule has 1 amide bonds. The molecular weight excluding hydrogens is 498 g/mol. The number of fused-ring (bicyclic) bond motifs is 1. The monoisotopic (exact) mass is 533 g/mol. The first kappa shape index (κ1) is 27.3. The molecule has 0 saturated heterocycles. The van der Waals surface area contributed by atoms with E-state index in [9.17, 15) is 4.79 Å². The van der Waals surface area contributed by atoms with Crippen LogP contribution in [0.25, 0.3) is 11.0 Å². The second kappa shape index (κ2) is 12.0. The van der Waals surface area contributed by atoms with Crippen molar-refractivity contribution >= 4 is 45.7 Å². The molecule has 8 nitrogen and oxygen atoms in total. The highest BCUT2D eigenvalue weighted by molar-refractivity contribution is 8.93. The zero-order chi connectivity index (χ0) is 24.0. The first-order chi connectivity index (χ1) is 15.7. The number of unbranched alkanes of at least 4 members (excludes halogenated alkanes) is 1. The number of amides is 1. The molecule has 0 aliphatic heterocycles. The Morgan fingerprint density at radius 3 is 2.50 bits per heavy atom. The molecule has 9 heteroatoms. The fourth-order valence-electron chi connectivity index (χ4n) is 3.68. The average molecular weight is 534 g/mol. The van der Waals surface area contributed by atoms with Gasteiger partial charge in [0.05, 0.1) is 18.3 Å². The van der Waals surface area contributed by atoms with Crippen LogP contribution in [0.2, 0.25) is 0 Å². The van der Waals surface area contributed by atoms with E-state index in [1.54, 1.807) is 7.11 Å². The number of nitrogens with one attached hydrogen (secondary N) is 1. The van der Waals surface area contributed by atoms with Crippen molar-refractivity contribution in [1.29, 1.82) is 0 Å². The number of benzene rings is 2. The van der Waals surface area contributed by atoms with E-state index in [0.29, 0.717) is 12.5 Å². The number of nitrogens with two attached hydrogens (primary N) is 1. The Hall–Kier alpha value is -2.94. The van der Waals surface area contributed by atoms with Gasteiger partial charge in [-0.25, -0.2) is 9.78 Å². The Morgan fingerprint density at radius 1 is 1.15 bits per heavy atom. The van der Waals surface area contributed by atoms with Gasteiger partial charge >= 0.3 is 6.09 Å². The quantitative estimate of drug-likeness (QED) is 0.369. The van der Waals surface area contributed by atoms with Gasteiger partial charge in [0.2, 0.25) is 5.95 Å². The molecule has 2 aromatic carbocycles. The summed E-state index contributed by atoms with van der Waals surface area (Å²) in [7, 11) is 3.72. The average Bonchev–Trinajstić information content (AvgIpc) is 3.08. The van der Waals surface area contributed by atoms with Crippen LogP contribution in [0.5, 0.6) is 5.75 Å². The summed E-state index contributed by atoms with van der Waals surface area (Å²) in [5.74, 6) is 1.34. The normalized spacial score (nSPS) is 11.1. The van der Waals surface area contributed by atoms with Crippen molar-refractivity contribution in [2.24, 2.45) is 0 Å². The highest BCUT2D eigenvalue weighted by Crippen LogP contribution is 2.29. The Labute approximate surface area is 212 Å². The molecule has 0 radical (unpaired) electrons. The Balaban J connectivity index is 0.00000408. The Morgan fingerprint density at radius 2 is 1.85 bits per heavy atom. The van der Waals surface area contributed by atoms with Crippen LogP contribution < -0.4 is 20.7 Å². The molecule has 0 atom stereocenters. The fourth-order valence-corrected chi connectivity index (χ4v) is 3.68. The minimum Gasteiger partial charge on any atom is -0.497 e. The third-order valence-electron chi connectivity index (χ3n) is 5.25. The SMILES string of the molecule is Br.COc1ccc(CN(C)c2cccc3c2nc(N)n3CCCCNC(=O)OC(C)(C)C)cc1. The van der Waals surface area contributed by atoms with Gasteiger partial charge in [0.15, 0.2) is 0 Å². The van der Waals surface area contributed by atoms with Gasteiger partial charge in [0.1, 0.15) is 16.9 Å². The minimum atomic E-state index is -0.494. The van der Waals surface area contributed by atoms with E-state index < -0.39 is 5.60 Å². The molecule has 3 aromatic rings. The van der Waals surface area contributed by atoms with E-state index >= 15 is 0 Å². The predicted molar refractivity (Wildman–Crippen MR) is 143 cm³/mol. The third-order valence-corrected chi connectivity index (χ3v) is 5.25. The molecule has 0 bridgehead atoms. The van der Waals surface area contributed by atoms with Gasteiger partial charge in [-0.3, -0.25) is 0 Å². The highest BCUT2D eigenvalue weighted by Gasteiger charge is 2.16. The number of imidazole rings is 1. The number of aryl methyl sites for hydroxylation is 1. The van der Waals surface area contributed by atoms with Crippen LogP contribution in [-0.2, 0) is 17.8 Å². The maximum atomic E-state index is 11.8. The van der Waals surface area contributed by atoms with Crippen LogP contribution in [-0.4, -0.2) is 41.9 Å². The molecule has 0 spiro atoms. The maximum Gasteiger partial charge on any atom is 0.407 e. The van der Waals surface area contributed by atoms with Gasteiger partial charge in [0.25, 0.3) is 0 Å². The third kappa shape index (κ3) is 7.28. The number of hydrogen-bond acceptors (Lipinski definition) is 6. The number of para-hydroxylation sites is 1. The predicted octanol–water partition coefficient (Wildman–Crippen LogP) is 5.15. The number of nitrogen functional groups attached to an aromatic ring is 1. The molecule has 3 N–H and O–H groups in total. The number of carbonyl (C=O) groups is 1. The summed E-state index contributed by atoms with van der Waals surface area (Å²) in [6.45, 7) is 7.57. The number of carbonyl (C=O) groups excluding carboxylic acids is 1. The van der Waals surface area contributed by atoms with Crippen molar-refractivity contribution in [2.75, 3.05) is 31.3 Å². The van der Waals surface area contributed by atoms with Crippen molar-refractivity contribution in [3.8, 4) is 5.75 Å². The number of aromatic nitrogens is 2. The molecule has 3 rings (SSSR count). The van der Waals surface area contributed by atoms with Gasteiger partial charge in [-0.1, -0.05) is 18.2 Å². The van der Waals surface area contributed by atoms with Crippen LogP contribution in [0, 0.1) is 0 Å². The second-order valence-corrected chi connectivity index (χ2v) is 9.11. The summed E-state index contributed by atoms with van der Waals surface area (Å²) in [5, 5.41) is 2.79. The molecule has 0 aliphatic rings. The number of alkyl carbamates (subject to hydrolysis) is 1. The summed E-state index contributed by atoms with van der Waals surface area (Å²) in [6.07, 6.45) is 1.28. The van der Waals surface area contributed by atoms with Crippen molar-refractivity contribution in [1.82, 2.24) is 14.9 Å². The van der Waals surface area contributed by atoms with E-state index in [0.717, 1.165) is 48.4 Å². The van der Waals surface area contributed by atoms with Crippen LogP contribution in [0.4, 0.5) is 16.4 Å². The summed E-state index contributed by atoms with van der Waals surface area (Å²) in [6, 6.07) is 14.2. The lowest BCUT2D eigenvalue weighted by atomic mass is 10.2. The van der Waals surface area contributed by atoms with Gasteiger partial charge in [-0.05, 0) is 63.4 Å². The second-order valence-electron chi connectivity index (χ2n) is 9.11. The van der Waals surface area contributed by atoms with E-state index in [-0.39, 0.29) is 23.1 Å². The maximum absolute atomic E-state index is 11.8. The lowest BCUT2D eigenvalue weighted by molar-refractivity contribution is 0.0527. The summed E-state index contributed by atoms with van der Waals surface area (Å²) < 4.78 is 12.5. The van der Waals surface area contributed by atoms with E-state index in [4.69, 9.17) is 15.2 Å². The van der Waals surface area contributed by atoms with Gasteiger partial charge in [-0.2, -0.15) is 0 Å². The smallest absolute Gasteiger partial charge is 0.407 e.